The van der Waals surface area contributed by atoms with E-state index >= 15 is 0 Å². The van der Waals surface area contributed by atoms with Crippen LogP contribution in [0.2, 0.25) is 0 Å². The fourth-order valence-corrected chi connectivity index (χ4v) is 2.34. The van der Waals surface area contributed by atoms with Crippen LogP contribution in [0.3, 0.4) is 0 Å². The number of nitrogens with one attached hydrogen (secondary N) is 1. The van der Waals surface area contributed by atoms with Gasteiger partial charge in [-0.05, 0) is 41.6 Å². The second kappa shape index (κ2) is 4.99. The third-order valence-electron chi connectivity index (χ3n) is 2.71. The fraction of sp³-hybridized carbons (Fsp3) is 0.636. The second-order valence-corrected chi connectivity index (χ2v) is 5.01. The van der Waals surface area contributed by atoms with Crippen molar-refractivity contribution < 1.29 is 0 Å². The molecule has 0 radical (unpaired) electrons. The molecule has 88 valence electrons. The average molecular weight is 285 g/mol. The van der Waals surface area contributed by atoms with E-state index in [0.717, 1.165) is 35.1 Å². The van der Waals surface area contributed by atoms with Gasteiger partial charge in [0.15, 0.2) is 0 Å². The van der Waals surface area contributed by atoms with Gasteiger partial charge in [-0.2, -0.15) is 0 Å². The van der Waals surface area contributed by atoms with Crippen molar-refractivity contribution in [2.24, 2.45) is 5.92 Å². The van der Waals surface area contributed by atoms with E-state index in [1.165, 1.54) is 12.8 Å². The summed E-state index contributed by atoms with van der Waals surface area (Å²) in [7, 11) is 2.08. The summed E-state index contributed by atoms with van der Waals surface area (Å²) in [5, 5.41) is 3.22. The van der Waals surface area contributed by atoms with Gasteiger partial charge in [-0.15, -0.1) is 0 Å². The van der Waals surface area contributed by atoms with Crippen LogP contribution in [-0.4, -0.2) is 30.1 Å². The van der Waals surface area contributed by atoms with Crippen molar-refractivity contribution in [3.05, 3.63) is 10.8 Å². The Morgan fingerprint density at radius 3 is 2.88 bits per heavy atom. The van der Waals surface area contributed by atoms with Crippen molar-refractivity contribution >= 4 is 27.6 Å². The van der Waals surface area contributed by atoms with Crippen LogP contribution in [0, 0.1) is 5.92 Å². The third-order valence-corrected chi connectivity index (χ3v) is 3.44. The van der Waals surface area contributed by atoms with Crippen LogP contribution in [-0.2, 0) is 0 Å². The van der Waals surface area contributed by atoms with Crippen LogP contribution < -0.4 is 10.2 Å². The van der Waals surface area contributed by atoms with E-state index in [4.69, 9.17) is 0 Å². The van der Waals surface area contributed by atoms with Crippen molar-refractivity contribution in [1.29, 1.82) is 0 Å². The van der Waals surface area contributed by atoms with Gasteiger partial charge in [0.25, 0.3) is 0 Å². The SMILES string of the molecule is CCNc1ncnc(N(C)CC2CC2)c1Br. The highest BCUT2D eigenvalue weighted by Crippen LogP contribution is 2.33. The molecule has 4 nitrogen and oxygen atoms in total. The Morgan fingerprint density at radius 1 is 1.50 bits per heavy atom. The molecule has 1 aliphatic rings. The second-order valence-electron chi connectivity index (χ2n) is 4.21. The molecule has 0 aliphatic heterocycles. The highest BCUT2D eigenvalue weighted by atomic mass is 79.9. The van der Waals surface area contributed by atoms with Crippen LogP contribution in [0.1, 0.15) is 19.8 Å². The van der Waals surface area contributed by atoms with Gasteiger partial charge in [-0.1, -0.05) is 0 Å². The van der Waals surface area contributed by atoms with Crippen LogP contribution in [0.15, 0.2) is 10.8 Å². The van der Waals surface area contributed by atoms with Crippen LogP contribution in [0.25, 0.3) is 0 Å². The molecule has 5 heteroatoms. The first-order chi connectivity index (χ1) is 7.72. The first-order valence-electron chi connectivity index (χ1n) is 5.68. The number of anilines is 2. The van der Waals surface area contributed by atoms with Crippen molar-refractivity contribution in [2.75, 3.05) is 30.4 Å². The number of hydrogen-bond acceptors (Lipinski definition) is 4. The highest BCUT2D eigenvalue weighted by molar-refractivity contribution is 9.10. The summed E-state index contributed by atoms with van der Waals surface area (Å²) in [6.07, 6.45) is 4.32. The van der Waals surface area contributed by atoms with E-state index in [2.05, 4.69) is 50.1 Å². The lowest BCUT2D eigenvalue weighted by Gasteiger charge is -2.20. The maximum absolute atomic E-state index is 4.33. The van der Waals surface area contributed by atoms with Gasteiger partial charge in [0.2, 0.25) is 0 Å². The monoisotopic (exact) mass is 284 g/mol. The molecule has 1 saturated carbocycles. The van der Waals surface area contributed by atoms with Gasteiger partial charge in [0, 0.05) is 20.1 Å². The summed E-state index contributed by atoms with van der Waals surface area (Å²) in [6, 6.07) is 0. The molecule has 0 atom stereocenters. The molecule has 1 N–H and O–H groups in total. The van der Waals surface area contributed by atoms with Crippen molar-refractivity contribution in [3.8, 4) is 0 Å². The molecule has 1 aliphatic carbocycles. The Kier molecular flexibility index (Phi) is 3.63. The smallest absolute Gasteiger partial charge is 0.148 e. The van der Waals surface area contributed by atoms with E-state index in [-0.39, 0.29) is 0 Å². The first-order valence-corrected chi connectivity index (χ1v) is 6.47. The molecule has 1 fully saturated rings. The van der Waals surface area contributed by atoms with E-state index < -0.39 is 0 Å². The van der Waals surface area contributed by atoms with E-state index in [1.54, 1.807) is 6.33 Å². The average Bonchev–Trinajstić information content (AvgIpc) is 3.05. The lowest BCUT2D eigenvalue weighted by molar-refractivity contribution is 0.773. The Balaban J connectivity index is 2.14. The maximum Gasteiger partial charge on any atom is 0.148 e. The standard InChI is InChI=1S/C11H17BrN4/c1-3-13-10-9(12)11(15-7-14-10)16(2)6-8-4-5-8/h7-8H,3-6H2,1-2H3,(H,13,14,15). The lowest BCUT2D eigenvalue weighted by Crippen LogP contribution is -2.22. The summed E-state index contributed by atoms with van der Waals surface area (Å²) in [4.78, 5) is 10.7. The van der Waals surface area contributed by atoms with E-state index in [9.17, 15) is 0 Å². The summed E-state index contributed by atoms with van der Waals surface area (Å²) < 4.78 is 0.958. The molecule has 0 unspecified atom stereocenters. The summed E-state index contributed by atoms with van der Waals surface area (Å²) in [6.45, 7) is 4.00. The van der Waals surface area contributed by atoms with E-state index in [1.807, 2.05) is 0 Å². The number of halogens is 1. The Morgan fingerprint density at radius 2 is 2.25 bits per heavy atom. The van der Waals surface area contributed by atoms with Crippen LogP contribution in [0.4, 0.5) is 11.6 Å². The van der Waals surface area contributed by atoms with Crippen LogP contribution in [0.5, 0.6) is 0 Å². The number of hydrogen-bond donors (Lipinski definition) is 1. The molecule has 0 amide bonds. The molecule has 0 aromatic carbocycles. The third kappa shape index (κ3) is 2.64. The molecule has 1 aromatic heterocycles. The minimum absolute atomic E-state index is 0.856. The molecule has 0 saturated heterocycles. The largest absolute Gasteiger partial charge is 0.369 e. The molecule has 2 rings (SSSR count). The number of aromatic nitrogens is 2. The molecule has 1 heterocycles. The molecular weight excluding hydrogens is 268 g/mol. The predicted molar refractivity (Wildman–Crippen MR) is 69.9 cm³/mol. The van der Waals surface area contributed by atoms with Gasteiger partial charge in [0.05, 0.1) is 0 Å². The quantitative estimate of drug-likeness (QED) is 0.902. The minimum atomic E-state index is 0.856. The van der Waals surface area contributed by atoms with Gasteiger partial charge < -0.3 is 10.2 Å². The van der Waals surface area contributed by atoms with Crippen LogP contribution >= 0.6 is 15.9 Å². The molecule has 0 bridgehead atoms. The van der Waals surface area contributed by atoms with Crippen molar-refractivity contribution in [3.63, 3.8) is 0 Å². The van der Waals surface area contributed by atoms with Gasteiger partial charge in [-0.3, -0.25) is 0 Å². The van der Waals surface area contributed by atoms with Gasteiger partial charge in [-0.25, -0.2) is 9.97 Å². The highest BCUT2D eigenvalue weighted by Gasteiger charge is 2.24. The zero-order chi connectivity index (χ0) is 11.5. The minimum Gasteiger partial charge on any atom is -0.369 e. The lowest BCUT2D eigenvalue weighted by atomic mass is 10.3. The number of rotatable bonds is 5. The summed E-state index contributed by atoms with van der Waals surface area (Å²) in [5.41, 5.74) is 0. The normalized spacial score (nSPS) is 14.9. The topological polar surface area (TPSA) is 41.1 Å². The number of nitrogens with zero attached hydrogens (tertiary/aromatic N) is 3. The van der Waals surface area contributed by atoms with Crippen molar-refractivity contribution in [2.45, 2.75) is 19.8 Å². The molecule has 1 aromatic rings. The zero-order valence-electron chi connectivity index (χ0n) is 9.70. The predicted octanol–water partition coefficient (Wildman–Crippen LogP) is 2.52. The molecule has 16 heavy (non-hydrogen) atoms. The van der Waals surface area contributed by atoms with Gasteiger partial charge in [0.1, 0.15) is 22.4 Å². The molecular formula is C11H17BrN4. The Bertz CT molecular complexity index is 365. The molecule has 0 spiro atoms. The zero-order valence-corrected chi connectivity index (χ0v) is 11.3. The Hall–Kier alpha value is -0.840. The summed E-state index contributed by atoms with van der Waals surface area (Å²) in [5.74, 6) is 2.70. The van der Waals surface area contributed by atoms with Gasteiger partial charge >= 0.3 is 0 Å². The summed E-state index contributed by atoms with van der Waals surface area (Å²) >= 11 is 3.56. The maximum atomic E-state index is 4.33. The fourth-order valence-electron chi connectivity index (χ4n) is 1.69. The first kappa shape index (κ1) is 11.6. The van der Waals surface area contributed by atoms with Crippen molar-refractivity contribution in [1.82, 2.24) is 9.97 Å². The van der Waals surface area contributed by atoms with E-state index in [0.29, 0.717) is 0 Å². The Labute approximate surface area is 105 Å².